The number of hydrogen-bond acceptors (Lipinski definition) is 6. The second-order valence-corrected chi connectivity index (χ2v) is 9.65. The molecule has 0 bridgehead atoms. The van der Waals surface area contributed by atoms with Crippen LogP contribution in [0.4, 0.5) is 5.69 Å². The fourth-order valence-corrected chi connectivity index (χ4v) is 4.55. The van der Waals surface area contributed by atoms with Gasteiger partial charge in [-0.05, 0) is 29.8 Å². The fraction of sp³-hybridized carbons (Fsp3) is 0.227. The summed E-state index contributed by atoms with van der Waals surface area (Å²) >= 11 is 6.13. The van der Waals surface area contributed by atoms with Crippen LogP contribution in [0.5, 0.6) is 5.88 Å². The number of pyridine rings is 1. The zero-order valence-corrected chi connectivity index (χ0v) is 19.2. The van der Waals surface area contributed by atoms with Crippen molar-refractivity contribution in [3.05, 3.63) is 59.2 Å². The number of primary sulfonamides is 1. The van der Waals surface area contributed by atoms with Crippen LogP contribution in [0.25, 0.3) is 10.8 Å². The summed E-state index contributed by atoms with van der Waals surface area (Å²) in [7, 11) is -4.12. The summed E-state index contributed by atoms with van der Waals surface area (Å²) in [6.45, 7) is 2.29. The molecular weight excluding hydrogens is 468 g/mol. The lowest BCUT2D eigenvalue weighted by atomic mass is 10.1. The molecule has 172 valence electrons. The molecule has 4 rings (SSSR count). The van der Waals surface area contributed by atoms with E-state index in [2.05, 4.69) is 10.3 Å². The van der Waals surface area contributed by atoms with Crippen molar-refractivity contribution < 1.29 is 22.7 Å². The van der Waals surface area contributed by atoms with Crippen molar-refractivity contribution in [2.24, 2.45) is 5.14 Å². The van der Waals surface area contributed by atoms with Crippen LogP contribution in [0.2, 0.25) is 5.02 Å². The first kappa shape index (κ1) is 23.0. The van der Waals surface area contributed by atoms with Crippen LogP contribution in [0.3, 0.4) is 0 Å². The molecule has 0 saturated carbocycles. The monoisotopic (exact) mass is 488 g/mol. The Kier molecular flexibility index (Phi) is 6.24. The van der Waals surface area contributed by atoms with Gasteiger partial charge in [0.2, 0.25) is 27.7 Å². The quantitative estimate of drug-likeness (QED) is 0.547. The van der Waals surface area contributed by atoms with Crippen LogP contribution in [0.1, 0.15) is 12.5 Å². The summed E-state index contributed by atoms with van der Waals surface area (Å²) in [5.41, 5.74) is 0.857. The number of ether oxygens (including phenoxy) is 1. The number of carbonyl (C=O) groups is 2. The van der Waals surface area contributed by atoms with Gasteiger partial charge in [0.15, 0.2) is 0 Å². The molecule has 0 unspecified atom stereocenters. The maximum atomic E-state index is 12.6. The highest BCUT2D eigenvalue weighted by Gasteiger charge is 2.31. The van der Waals surface area contributed by atoms with Gasteiger partial charge >= 0.3 is 0 Å². The molecule has 1 fully saturated rings. The minimum Gasteiger partial charge on any atom is -0.470 e. The molecule has 9 nitrogen and oxygen atoms in total. The molecule has 0 radical (unpaired) electrons. The number of carbonyl (C=O) groups excluding carboxylic acids is 2. The standard InChI is InChI=1S/C22H21ClN4O5S/c1-13(28)27-11-16(12-27)32-22-18-9-15(10-20(33(24,30)31)17(18)6-7-25-22)26-21(29)8-14-4-2-3-5-19(14)23/h2-7,9-10,16H,8,11-12H2,1H3,(H,26,29)(H2,24,30,31). The van der Waals surface area contributed by atoms with Crippen molar-refractivity contribution in [3.63, 3.8) is 0 Å². The Hall–Kier alpha value is -3.21. The number of benzene rings is 2. The van der Waals surface area contributed by atoms with E-state index < -0.39 is 10.0 Å². The molecule has 1 aliphatic heterocycles. The zero-order chi connectivity index (χ0) is 23.8. The van der Waals surface area contributed by atoms with Crippen LogP contribution in [0, 0.1) is 0 Å². The number of halogens is 1. The summed E-state index contributed by atoms with van der Waals surface area (Å²) in [5, 5.41) is 9.28. The Morgan fingerprint density at radius 1 is 1.21 bits per heavy atom. The number of hydrogen-bond donors (Lipinski definition) is 2. The predicted molar refractivity (Wildman–Crippen MR) is 124 cm³/mol. The average Bonchev–Trinajstić information content (AvgIpc) is 2.70. The van der Waals surface area contributed by atoms with E-state index >= 15 is 0 Å². The van der Waals surface area contributed by atoms with Gasteiger partial charge < -0.3 is 15.0 Å². The van der Waals surface area contributed by atoms with Gasteiger partial charge in [0.05, 0.1) is 24.4 Å². The van der Waals surface area contributed by atoms with Gasteiger partial charge in [0.25, 0.3) is 0 Å². The molecule has 3 N–H and O–H groups in total. The van der Waals surface area contributed by atoms with Crippen LogP contribution < -0.4 is 15.2 Å². The van der Waals surface area contributed by atoms with E-state index in [0.717, 1.165) is 0 Å². The maximum absolute atomic E-state index is 12.6. The van der Waals surface area contributed by atoms with E-state index in [1.807, 2.05) is 0 Å². The predicted octanol–water partition coefficient (Wildman–Crippen LogP) is 2.33. The van der Waals surface area contributed by atoms with E-state index in [4.69, 9.17) is 21.5 Å². The van der Waals surface area contributed by atoms with E-state index in [0.29, 0.717) is 34.4 Å². The molecule has 1 saturated heterocycles. The lowest BCUT2D eigenvalue weighted by Crippen LogP contribution is -2.55. The Morgan fingerprint density at radius 3 is 2.61 bits per heavy atom. The number of sulfonamides is 1. The number of rotatable bonds is 6. The molecule has 1 aromatic heterocycles. The SMILES string of the molecule is CC(=O)N1CC(Oc2nccc3c(S(N)(=O)=O)cc(NC(=O)Cc4ccccc4Cl)cc23)C1. The molecule has 2 aromatic carbocycles. The third-order valence-electron chi connectivity index (χ3n) is 5.28. The smallest absolute Gasteiger partial charge is 0.238 e. The molecule has 2 heterocycles. The summed E-state index contributed by atoms with van der Waals surface area (Å²) in [4.78, 5) is 29.7. The topological polar surface area (TPSA) is 132 Å². The van der Waals surface area contributed by atoms with Gasteiger partial charge in [-0.3, -0.25) is 9.59 Å². The Labute approximate surface area is 195 Å². The fourth-order valence-electron chi connectivity index (χ4n) is 3.57. The summed E-state index contributed by atoms with van der Waals surface area (Å²) < 4.78 is 30.5. The van der Waals surface area contributed by atoms with Gasteiger partial charge in [-0.15, -0.1) is 0 Å². The maximum Gasteiger partial charge on any atom is 0.238 e. The first-order chi connectivity index (χ1) is 15.6. The minimum atomic E-state index is -4.12. The van der Waals surface area contributed by atoms with Gasteiger partial charge in [0, 0.05) is 34.6 Å². The molecule has 33 heavy (non-hydrogen) atoms. The highest BCUT2D eigenvalue weighted by Crippen LogP contribution is 2.33. The highest BCUT2D eigenvalue weighted by molar-refractivity contribution is 7.89. The van der Waals surface area contributed by atoms with Crippen LogP contribution in [0.15, 0.2) is 53.6 Å². The van der Waals surface area contributed by atoms with Gasteiger partial charge in [-0.1, -0.05) is 29.8 Å². The normalized spacial score (nSPS) is 14.1. The number of amides is 2. The van der Waals surface area contributed by atoms with Crippen molar-refractivity contribution in [1.29, 1.82) is 0 Å². The van der Waals surface area contributed by atoms with Crippen LogP contribution in [-0.4, -0.2) is 49.3 Å². The van der Waals surface area contributed by atoms with Crippen molar-refractivity contribution in [2.75, 3.05) is 18.4 Å². The molecule has 1 aliphatic rings. The number of nitrogens with zero attached hydrogens (tertiary/aromatic N) is 2. The molecule has 0 spiro atoms. The number of nitrogens with one attached hydrogen (secondary N) is 1. The largest absolute Gasteiger partial charge is 0.470 e. The van der Waals surface area contributed by atoms with Crippen LogP contribution >= 0.6 is 11.6 Å². The van der Waals surface area contributed by atoms with E-state index in [9.17, 15) is 18.0 Å². The van der Waals surface area contributed by atoms with Gasteiger partial charge in [-0.2, -0.15) is 0 Å². The van der Waals surface area contributed by atoms with Crippen molar-refractivity contribution in [3.8, 4) is 5.88 Å². The van der Waals surface area contributed by atoms with Crippen molar-refractivity contribution >= 4 is 49.9 Å². The number of fused-ring (bicyclic) bond motifs is 1. The Bertz CT molecular complexity index is 1360. The summed E-state index contributed by atoms with van der Waals surface area (Å²) in [6, 6.07) is 11.3. The molecule has 3 aromatic rings. The van der Waals surface area contributed by atoms with Crippen LogP contribution in [-0.2, 0) is 26.0 Å². The molecular formula is C22H21ClN4O5S. The lowest BCUT2D eigenvalue weighted by molar-refractivity contribution is -0.137. The van der Waals surface area contributed by atoms with Crippen molar-refractivity contribution in [2.45, 2.75) is 24.3 Å². The molecule has 2 amide bonds. The number of likely N-dealkylation sites (tertiary alicyclic amines) is 1. The Balaban J connectivity index is 1.66. The third-order valence-corrected chi connectivity index (χ3v) is 6.60. The van der Waals surface area contributed by atoms with E-state index in [1.165, 1.54) is 25.3 Å². The second kappa shape index (κ2) is 8.97. The summed E-state index contributed by atoms with van der Waals surface area (Å²) in [6.07, 6.45) is 1.15. The van der Waals surface area contributed by atoms with Gasteiger partial charge in [0.1, 0.15) is 6.10 Å². The average molecular weight is 489 g/mol. The third kappa shape index (κ3) is 5.08. The number of nitrogens with two attached hydrogens (primary N) is 1. The zero-order valence-electron chi connectivity index (χ0n) is 17.6. The highest BCUT2D eigenvalue weighted by atomic mass is 35.5. The first-order valence-corrected chi connectivity index (χ1v) is 12.0. The first-order valence-electron chi connectivity index (χ1n) is 10.0. The van der Waals surface area contributed by atoms with Gasteiger partial charge in [-0.25, -0.2) is 18.5 Å². The molecule has 11 heteroatoms. The number of aromatic nitrogens is 1. The summed E-state index contributed by atoms with van der Waals surface area (Å²) in [5.74, 6) is -0.251. The molecule has 0 atom stereocenters. The van der Waals surface area contributed by atoms with Crippen molar-refractivity contribution in [1.82, 2.24) is 9.88 Å². The number of anilines is 1. The second-order valence-electron chi connectivity index (χ2n) is 7.71. The lowest BCUT2D eigenvalue weighted by Gasteiger charge is -2.38. The minimum absolute atomic E-state index is 0.00176. The molecule has 0 aliphatic carbocycles. The van der Waals surface area contributed by atoms with E-state index in [1.54, 1.807) is 35.2 Å². The Morgan fingerprint density at radius 2 is 1.94 bits per heavy atom. The van der Waals surface area contributed by atoms with E-state index in [-0.39, 0.29) is 40.8 Å².